The third kappa shape index (κ3) is 4.83. The van der Waals surface area contributed by atoms with Crippen molar-refractivity contribution in [1.82, 2.24) is 0 Å². The van der Waals surface area contributed by atoms with E-state index in [0.29, 0.717) is 12.3 Å². The van der Waals surface area contributed by atoms with Crippen LogP contribution in [-0.2, 0) is 23.6 Å². The molecule has 0 radical (unpaired) electrons. The number of rotatable bonds is 6. The van der Waals surface area contributed by atoms with Gasteiger partial charge in [0, 0.05) is 12.1 Å². The summed E-state index contributed by atoms with van der Waals surface area (Å²) in [5.74, 6) is -0.592. The molecule has 0 spiro atoms. The zero-order chi connectivity index (χ0) is 18.7. The van der Waals surface area contributed by atoms with Crippen LogP contribution in [0.3, 0.4) is 0 Å². The predicted octanol–water partition coefficient (Wildman–Crippen LogP) is 2.27. The Balaban J connectivity index is 1.90. The van der Waals surface area contributed by atoms with Gasteiger partial charge < -0.3 is 19.4 Å². The van der Waals surface area contributed by atoms with Crippen molar-refractivity contribution in [2.75, 3.05) is 11.9 Å². The highest BCUT2D eigenvalue weighted by Gasteiger charge is 2.51. The monoisotopic (exact) mass is 347 g/mol. The Morgan fingerprint density at radius 2 is 1.60 bits per heavy atom. The maximum Gasteiger partial charge on any atom is 0.494 e. The van der Waals surface area contributed by atoms with Gasteiger partial charge in [-0.25, -0.2) is 0 Å². The summed E-state index contributed by atoms with van der Waals surface area (Å²) in [5, 5.41) is 2.76. The Hall–Kier alpha value is -1.86. The third-order valence-corrected chi connectivity index (χ3v) is 4.58. The van der Waals surface area contributed by atoms with Crippen molar-refractivity contribution >= 4 is 30.1 Å². The van der Waals surface area contributed by atoms with Crippen molar-refractivity contribution in [3.63, 3.8) is 0 Å². The minimum atomic E-state index is -0.432. The molecule has 2 rings (SSSR count). The lowest BCUT2D eigenvalue weighted by atomic mass is 9.79. The van der Waals surface area contributed by atoms with Gasteiger partial charge in [0.2, 0.25) is 5.91 Å². The molecule has 25 heavy (non-hydrogen) atoms. The van der Waals surface area contributed by atoms with E-state index in [0.717, 1.165) is 5.46 Å². The third-order valence-electron chi connectivity index (χ3n) is 4.58. The molecule has 1 aliphatic heterocycles. The van der Waals surface area contributed by atoms with Crippen LogP contribution in [0, 0.1) is 0 Å². The van der Waals surface area contributed by atoms with E-state index < -0.39 is 18.3 Å². The van der Waals surface area contributed by atoms with Crippen LogP contribution in [0.5, 0.6) is 0 Å². The molecule has 1 aromatic carbocycles. The second-order valence-electron chi connectivity index (χ2n) is 7.06. The van der Waals surface area contributed by atoms with Crippen LogP contribution in [0.4, 0.5) is 5.69 Å². The summed E-state index contributed by atoms with van der Waals surface area (Å²) in [6, 6.07) is 7.32. The van der Waals surface area contributed by atoms with Crippen molar-refractivity contribution in [2.24, 2.45) is 0 Å². The molecule has 1 aliphatic rings. The summed E-state index contributed by atoms with van der Waals surface area (Å²) in [7, 11) is -0.432. The highest BCUT2D eigenvalue weighted by atomic mass is 16.7. The van der Waals surface area contributed by atoms with Crippen LogP contribution >= 0.6 is 0 Å². The first kappa shape index (κ1) is 19.5. The molecule has 0 saturated carbocycles. The average molecular weight is 347 g/mol. The van der Waals surface area contributed by atoms with Crippen molar-refractivity contribution in [3.8, 4) is 0 Å². The summed E-state index contributed by atoms with van der Waals surface area (Å²) in [6.45, 7) is 10.1. The SMILES string of the molecule is CCOC(=O)CCC(=O)Nc1ccc(B2OC(C)(C)C(C)(C)O2)cc1. The van der Waals surface area contributed by atoms with Crippen molar-refractivity contribution < 1.29 is 23.6 Å². The van der Waals surface area contributed by atoms with Crippen LogP contribution in [-0.4, -0.2) is 36.8 Å². The van der Waals surface area contributed by atoms with Gasteiger partial charge in [-0.15, -0.1) is 0 Å². The molecule has 136 valence electrons. The summed E-state index contributed by atoms with van der Waals surface area (Å²) in [5.41, 5.74) is 0.771. The largest absolute Gasteiger partial charge is 0.494 e. The van der Waals surface area contributed by atoms with Crippen molar-refractivity contribution in [3.05, 3.63) is 24.3 Å². The fraction of sp³-hybridized carbons (Fsp3) is 0.556. The lowest BCUT2D eigenvalue weighted by Crippen LogP contribution is -2.41. The lowest BCUT2D eigenvalue weighted by molar-refractivity contribution is -0.144. The number of benzene rings is 1. The number of hydrogen-bond acceptors (Lipinski definition) is 5. The van der Waals surface area contributed by atoms with E-state index in [1.165, 1.54) is 0 Å². The Bertz CT molecular complexity index is 611. The Morgan fingerprint density at radius 1 is 1.04 bits per heavy atom. The molecule has 0 aliphatic carbocycles. The topological polar surface area (TPSA) is 73.9 Å². The van der Waals surface area contributed by atoms with Crippen LogP contribution in [0.15, 0.2) is 24.3 Å². The van der Waals surface area contributed by atoms with Gasteiger partial charge >= 0.3 is 13.1 Å². The zero-order valence-electron chi connectivity index (χ0n) is 15.5. The van der Waals surface area contributed by atoms with E-state index in [1.807, 2.05) is 39.8 Å². The Morgan fingerprint density at radius 3 is 2.12 bits per heavy atom. The van der Waals surface area contributed by atoms with Gasteiger partial charge in [0.1, 0.15) is 0 Å². The standard InChI is InChI=1S/C18H26BNO5/c1-6-23-16(22)12-11-15(21)20-14-9-7-13(8-10-14)19-24-17(2,3)18(4,5)25-19/h7-10H,6,11-12H2,1-5H3,(H,20,21). The number of ether oxygens (including phenoxy) is 1. The number of esters is 1. The van der Waals surface area contributed by atoms with Gasteiger partial charge in [0.15, 0.2) is 0 Å². The molecule has 1 aromatic rings. The molecule has 0 unspecified atom stereocenters. The molecular weight excluding hydrogens is 321 g/mol. The number of anilines is 1. The number of carbonyl (C=O) groups is 2. The van der Waals surface area contributed by atoms with Gasteiger partial charge in [-0.05, 0) is 52.2 Å². The van der Waals surface area contributed by atoms with Gasteiger partial charge in [-0.1, -0.05) is 12.1 Å². The molecule has 1 saturated heterocycles. The van der Waals surface area contributed by atoms with Crippen LogP contribution < -0.4 is 10.8 Å². The lowest BCUT2D eigenvalue weighted by Gasteiger charge is -2.32. The van der Waals surface area contributed by atoms with Crippen LogP contribution in [0.2, 0.25) is 0 Å². The second kappa shape index (κ2) is 7.58. The van der Waals surface area contributed by atoms with Crippen molar-refractivity contribution in [2.45, 2.75) is 58.7 Å². The summed E-state index contributed by atoms with van der Waals surface area (Å²) in [6.07, 6.45) is 0.170. The minimum absolute atomic E-state index is 0.0751. The number of amides is 1. The molecule has 1 N–H and O–H groups in total. The quantitative estimate of drug-likeness (QED) is 0.631. The maximum absolute atomic E-state index is 11.9. The van der Waals surface area contributed by atoms with E-state index in [1.54, 1.807) is 19.1 Å². The summed E-state index contributed by atoms with van der Waals surface area (Å²) < 4.78 is 16.8. The molecular formula is C18H26BNO5. The van der Waals surface area contributed by atoms with Crippen LogP contribution in [0.25, 0.3) is 0 Å². The first-order chi connectivity index (χ1) is 11.6. The van der Waals surface area contributed by atoms with Crippen LogP contribution in [0.1, 0.15) is 47.5 Å². The molecule has 7 heteroatoms. The zero-order valence-corrected chi connectivity index (χ0v) is 15.5. The summed E-state index contributed by atoms with van der Waals surface area (Å²) >= 11 is 0. The molecule has 1 fully saturated rings. The predicted molar refractivity (Wildman–Crippen MR) is 96.7 cm³/mol. The summed E-state index contributed by atoms with van der Waals surface area (Å²) in [4.78, 5) is 23.1. The number of carbonyl (C=O) groups excluding carboxylic acids is 2. The van der Waals surface area contributed by atoms with E-state index >= 15 is 0 Å². The van der Waals surface area contributed by atoms with Crippen molar-refractivity contribution in [1.29, 1.82) is 0 Å². The molecule has 0 bridgehead atoms. The van der Waals surface area contributed by atoms with Gasteiger partial charge in [-0.3, -0.25) is 9.59 Å². The highest BCUT2D eigenvalue weighted by Crippen LogP contribution is 2.36. The molecule has 1 heterocycles. The molecule has 0 aromatic heterocycles. The molecule has 6 nitrogen and oxygen atoms in total. The highest BCUT2D eigenvalue weighted by molar-refractivity contribution is 6.62. The Kier molecular flexibility index (Phi) is 5.90. The maximum atomic E-state index is 11.9. The first-order valence-electron chi connectivity index (χ1n) is 8.55. The fourth-order valence-electron chi connectivity index (χ4n) is 2.37. The molecule has 0 atom stereocenters. The second-order valence-corrected chi connectivity index (χ2v) is 7.06. The normalized spacial score (nSPS) is 18.0. The van der Waals surface area contributed by atoms with E-state index in [4.69, 9.17) is 14.0 Å². The van der Waals surface area contributed by atoms with E-state index in [-0.39, 0.29) is 24.7 Å². The van der Waals surface area contributed by atoms with E-state index in [2.05, 4.69) is 5.32 Å². The number of nitrogens with one attached hydrogen (secondary N) is 1. The van der Waals surface area contributed by atoms with Gasteiger partial charge in [-0.2, -0.15) is 0 Å². The smallest absolute Gasteiger partial charge is 0.466 e. The number of hydrogen-bond donors (Lipinski definition) is 1. The average Bonchev–Trinajstić information content (AvgIpc) is 2.74. The van der Waals surface area contributed by atoms with Gasteiger partial charge in [0.25, 0.3) is 0 Å². The Labute approximate surface area is 149 Å². The first-order valence-corrected chi connectivity index (χ1v) is 8.55. The minimum Gasteiger partial charge on any atom is -0.466 e. The molecule has 1 amide bonds. The fourth-order valence-corrected chi connectivity index (χ4v) is 2.37. The van der Waals surface area contributed by atoms with E-state index in [9.17, 15) is 9.59 Å². The van der Waals surface area contributed by atoms with Gasteiger partial charge in [0.05, 0.1) is 24.2 Å².